The molecule has 2 aliphatic rings. The SMILES string of the molecule is NCCCC[C@H](CC(=O)[C@@H]1C[C@@H](OCc2ccc(Cl)cc2)CN1C(=O)Cc1ccc(S(=O)(=O)N2CCOCC2)cc1)C(=O)c1nc2ccccc2o1. The minimum Gasteiger partial charge on any atom is -0.434 e. The molecule has 2 fully saturated rings. The van der Waals surface area contributed by atoms with Crippen LogP contribution in [-0.2, 0) is 42.1 Å². The smallest absolute Gasteiger partial charge is 0.264 e. The fraction of sp³-hybridized carbons (Fsp3) is 0.421. The Labute approximate surface area is 308 Å². The highest BCUT2D eigenvalue weighted by Crippen LogP contribution is 2.29. The zero-order valence-corrected chi connectivity index (χ0v) is 30.4. The number of benzene rings is 3. The summed E-state index contributed by atoms with van der Waals surface area (Å²) in [4.78, 5) is 47.9. The number of Topliss-reactive ketones (excluding diaryl/α,β-unsaturated/α-hetero) is 2. The van der Waals surface area contributed by atoms with Crippen LogP contribution in [-0.4, -0.2) is 91.6 Å². The highest BCUT2D eigenvalue weighted by Gasteiger charge is 2.41. The van der Waals surface area contributed by atoms with Crippen molar-refractivity contribution in [2.75, 3.05) is 39.4 Å². The summed E-state index contributed by atoms with van der Waals surface area (Å²) in [5.41, 5.74) is 8.28. The van der Waals surface area contributed by atoms with Crippen molar-refractivity contribution in [3.8, 4) is 0 Å². The molecule has 1 aromatic heterocycles. The molecular formula is C38H43ClN4O8S. The Kier molecular flexibility index (Phi) is 12.5. The number of likely N-dealkylation sites (tertiary alicyclic amines) is 1. The first-order valence-corrected chi connectivity index (χ1v) is 19.4. The molecule has 52 heavy (non-hydrogen) atoms. The van der Waals surface area contributed by atoms with Crippen molar-refractivity contribution >= 4 is 50.2 Å². The number of nitrogens with two attached hydrogens (primary N) is 1. The van der Waals surface area contributed by atoms with E-state index in [0.717, 1.165) is 5.56 Å². The molecule has 0 unspecified atom stereocenters. The first-order valence-electron chi connectivity index (χ1n) is 17.6. The largest absolute Gasteiger partial charge is 0.434 e. The van der Waals surface area contributed by atoms with Crippen LogP contribution in [0.3, 0.4) is 0 Å². The van der Waals surface area contributed by atoms with Crippen molar-refractivity contribution < 1.29 is 36.7 Å². The molecule has 276 valence electrons. The average molecular weight is 751 g/mol. The molecule has 1 amide bonds. The average Bonchev–Trinajstić information content (AvgIpc) is 3.80. The van der Waals surface area contributed by atoms with E-state index in [1.165, 1.54) is 21.3 Å². The van der Waals surface area contributed by atoms with Crippen LogP contribution in [0.15, 0.2) is 82.1 Å². The minimum atomic E-state index is -3.69. The third-order valence-electron chi connectivity index (χ3n) is 9.57. The van der Waals surface area contributed by atoms with Crippen molar-refractivity contribution in [3.63, 3.8) is 0 Å². The third-order valence-corrected chi connectivity index (χ3v) is 11.7. The lowest BCUT2D eigenvalue weighted by molar-refractivity contribution is -0.137. The van der Waals surface area contributed by atoms with Gasteiger partial charge in [0.1, 0.15) is 5.52 Å². The van der Waals surface area contributed by atoms with Gasteiger partial charge in [0.2, 0.25) is 21.7 Å². The molecule has 6 rings (SSSR count). The number of halogens is 1. The predicted octanol–water partition coefficient (Wildman–Crippen LogP) is 4.82. The molecule has 0 radical (unpaired) electrons. The Morgan fingerprint density at radius 1 is 0.962 bits per heavy atom. The summed E-state index contributed by atoms with van der Waals surface area (Å²) in [6.07, 6.45) is 1.42. The quantitative estimate of drug-likeness (QED) is 0.124. The molecule has 0 aliphatic carbocycles. The number of ether oxygens (including phenoxy) is 2. The van der Waals surface area contributed by atoms with Gasteiger partial charge in [0, 0.05) is 43.4 Å². The van der Waals surface area contributed by atoms with E-state index in [1.54, 1.807) is 48.5 Å². The van der Waals surface area contributed by atoms with Gasteiger partial charge in [0.25, 0.3) is 5.89 Å². The number of amides is 1. The Hall–Kier alpha value is -3.98. The van der Waals surface area contributed by atoms with Crippen LogP contribution in [0.4, 0.5) is 0 Å². The van der Waals surface area contributed by atoms with Crippen molar-refractivity contribution in [1.29, 1.82) is 0 Å². The topological polar surface area (TPSA) is 162 Å². The summed E-state index contributed by atoms with van der Waals surface area (Å²) < 4.78 is 44.9. The van der Waals surface area contributed by atoms with Gasteiger partial charge in [-0.15, -0.1) is 0 Å². The highest BCUT2D eigenvalue weighted by molar-refractivity contribution is 7.89. The maximum atomic E-state index is 14.2. The predicted molar refractivity (Wildman–Crippen MR) is 194 cm³/mol. The number of morpholine rings is 1. The molecule has 0 spiro atoms. The monoisotopic (exact) mass is 750 g/mol. The number of oxazole rings is 1. The van der Waals surface area contributed by atoms with E-state index in [9.17, 15) is 22.8 Å². The number of ketones is 2. The Balaban J connectivity index is 1.18. The Morgan fingerprint density at radius 2 is 1.67 bits per heavy atom. The maximum absolute atomic E-state index is 14.2. The summed E-state index contributed by atoms with van der Waals surface area (Å²) in [6, 6.07) is 19.8. The molecule has 2 aliphatic heterocycles. The maximum Gasteiger partial charge on any atom is 0.264 e. The van der Waals surface area contributed by atoms with E-state index in [4.69, 9.17) is 31.2 Å². The van der Waals surface area contributed by atoms with Gasteiger partial charge in [-0.3, -0.25) is 14.4 Å². The Morgan fingerprint density at radius 3 is 2.38 bits per heavy atom. The number of rotatable bonds is 16. The van der Waals surface area contributed by atoms with E-state index in [0.29, 0.717) is 60.7 Å². The van der Waals surface area contributed by atoms with Crippen LogP contribution in [0, 0.1) is 5.92 Å². The highest BCUT2D eigenvalue weighted by atomic mass is 35.5. The molecule has 0 bridgehead atoms. The van der Waals surface area contributed by atoms with Crippen LogP contribution in [0.2, 0.25) is 5.02 Å². The van der Waals surface area contributed by atoms with Gasteiger partial charge >= 0.3 is 0 Å². The van der Waals surface area contributed by atoms with E-state index in [2.05, 4.69) is 4.98 Å². The lowest BCUT2D eigenvalue weighted by atomic mass is 9.89. The van der Waals surface area contributed by atoms with Gasteiger partial charge in [0.05, 0.1) is 43.3 Å². The molecule has 4 aromatic rings. The second-order valence-corrected chi connectivity index (χ2v) is 15.6. The zero-order valence-electron chi connectivity index (χ0n) is 28.8. The van der Waals surface area contributed by atoms with E-state index in [-0.39, 0.29) is 73.8 Å². The van der Waals surface area contributed by atoms with Gasteiger partial charge in [-0.05, 0) is 66.9 Å². The molecule has 3 atom stereocenters. The molecule has 0 saturated carbocycles. The molecule has 2 N–H and O–H groups in total. The second kappa shape index (κ2) is 17.2. The number of fused-ring (bicyclic) bond motifs is 1. The summed E-state index contributed by atoms with van der Waals surface area (Å²) in [7, 11) is -3.69. The van der Waals surface area contributed by atoms with E-state index in [1.807, 2.05) is 12.1 Å². The number of para-hydroxylation sites is 2. The first kappa shape index (κ1) is 37.8. The molecule has 2 saturated heterocycles. The van der Waals surface area contributed by atoms with Gasteiger partial charge in [-0.1, -0.05) is 54.4 Å². The number of hydrogen-bond acceptors (Lipinski definition) is 10. The van der Waals surface area contributed by atoms with E-state index < -0.39 is 28.1 Å². The van der Waals surface area contributed by atoms with Crippen LogP contribution in [0.25, 0.3) is 11.1 Å². The standard InChI is InChI=1S/C38H43ClN4O8S/c39-29-12-8-27(9-13-29)25-50-30-23-33(34(44)22-28(5-3-4-16-40)37(46)38-41-32-6-1-2-7-35(32)51-38)43(24-30)36(45)21-26-10-14-31(15-11-26)52(47,48)42-17-19-49-20-18-42/h1-2,6-15,28,30,33H,3-5,16-25,40H2/t28-,30-,33+/m1/s1. The van der Waals surface area contributed by atoms with Crippen LogP contribution < -0.4 is 5.73 Å². The summed E-state index contributed by atoms with van der Waals surface area (Å²) in [6.45, 7) is 2.14. The lowest BCUT2D eigenvalue weighted by Gasteiger charge is -2.26. The Bertz CT molecular complexity index is 1930. The number of hydrogen-bond donors (Lipinski definition) is 1. The number of carbonyl (C=O) groups excluding carboxylic acids is 3. The van der Waals surface area contributed by atoms with Crippen molar-refractivity contribution in [2.45, 2.75) is 62.2 Å². The second-order valence-electron chi connectivity index (χ2n) is 13.2. The van der Waals surface area contributed by atoms with Gasteiger partial charge in [-0.25, -0.2) is 13.4 Å². The molecule has 14 heteroatoms. The minimum absolute atomic E-state index is 0.0469. The van der Waals surface area contributed by atoms with Gasteiger partial charge in [-0.2, -0.15) is 4.31 Å². The molecule has 3 heterocycles. The number of sulfonamides is 1. The summed E-state index contributed by atoms with van der Waals surface area (Å²) in [5, 5.41) is 0.604. The van der Waals surface area contributed by atoms with Crippen LogP contribution in [0.1, 0.15) is 53.9 Å². The number of aromatic nitrogens is 1. The van der Waals surface area contributed by atoms with Crippen molar-refractivity contribution in [2.24, 2.45) is 11.7 Å². The van der Waals surface area contributed by atoms with Gasteiger partial charge in [0.15, 0.2) is 11.4 Å². The van der Waals surface area contributed by atoms with E-state index >= 15 is 0 Å². The van der Waals surface area contributed by atoms with Crippen LogP contribution in [0.5, 0.6) is 0 Å². The summed E-state index contributed by atoms with van der Waals surface area (Å²) in [5.74, 6) is -1.67. The van der Waals surface area contributed by atoms with Crippen LogP contribution >= 0.6 is 11.6 Å². The molecule has 3 aromatic carbocycles. The number of unbranched alkanes of at least 4 members (excludes halogenated alkanes) is 1. The third kappa shape index (κ3) is 9.14. The normalized spacial score (nSPS) is 18.8. The molecular weight excluding hydrogens is 708 g/mol. The lowest BCUT2D eigenvalue weighted by Crippen LogP contribution is -2.42. The van der Waals surface area contributed by atoms with Crippen molar-refractivity contribution in [3.05, 3.63) is 94.8 Å². The molecule has 12 nitrogen and oxygen atoms in total. The first-order chi connectivity index (χ1) is 25.1. The fourth-order valence-electron chi connectivity index (χ4n) is 6.68. The fourth-order valence-corrected chi connectivity index (χ4v) is 8.21. The number of nitrogens with zero attached hydrogens (tertiary/aromatic N) is 3. The zero-order chi connectivity index (χ0) is 36.7. The number of carbonyl (C=O) groups is 3. The van der Waals surface area contributed by atoms with Gasteiger partial charge < -0.3 is 24.5 Å². The van der Waals surface area contributed by atoms with Crippen molar-refractivity contribution in [1.82, 2.24) is 14.2 Å². The summed E-state index contributed by atoms with van der Waals surface area (Å²) >= 11 is 6.04.